The third-order valence-electron chi connectivity index (χ3n) is 3.27. The van der Waals surface area contributed by atoms with Crippen molar-refractivity contribution in [3.8, 4) is 5.75 Å². The van der Waals surface area contributed by atoms with Crippen LogP contribution in [0.2, 0.25) is 0 Å². The van der Waals surface area contributed by atoms with Crippen LogP contribution in [-0.2, 0) is 15.9 Å². The van der Waals surface area contributed by atoms with Crippen molar-refractivity contribution >= 4 is 6.03 Å². The second kappa shape index (κ2) is 10.9. The number of nitrogens with zero attached hydrogens (tertiary/aromatic N) is 1. The average molecular weight is 310 g/mol. The highest BCUT2D eigenvalue weighted by atomic mass is 16.5. The van der Waals surface area contributed by atoms with Crippen LogP contribution < -0.4 is 10.1 Å². The predicted octanol–water partition coefficient (Wildman–Crippen LogP) is 1.54. The number of nitrogens with one attached hydrogen (secondary N) is 1. The smallest absolute Gasteiger partial charge is 0.317 e. The molecule has 0 aliphatic carbocycles. The van der Waals surface area contributed by atoms with E-state index in [0.717, 1.165) is 17.7 Å². The van der Waals surface area contributed by atoms with Gasteiger partial charge in [-0.15, -0.1) is 0 Å². The van der Waals surface area contributed by atoms with Crippen molar-refractivity contribution in [1.29, 1.82) is 0 Å². The number of methoxy groups -OCH3 is 3. The van der Waals surface area contributed by atoms with Crippen molar-refractivity contribution in [2.24, 2.45) is 0 Å². The van der Waals surface area contributed by atoms with Gasteiger partial charge in [-0.3, -0.25) is 0 Å². The van der Waals surface area contributed by atoms with Gasteiger partial charge in [0.2, 0.25) is 0 Å². The molecular weight excluding hydrogens is 284 g/mol. The molecule has 0 radical (unpaired) electrons. The number of benzene rings is 1. The Balaban J connectivity index is 2.37. The fraction of sp³-hybridized carbons (Fsp3) is 0.562. The molecule has 1 aromatic carbocycles. The van der Waals surface area contributed by atoms with E-state index >= 15 is 0 Å². The van der Waals surface area contributed by atoms with Crippen molar-refractivity contribution < 1.29 is 19.0 Å². The quantitative estimate of drug-likeness (QED) is 0.712. The van der Waals surface area contributed by atoms with Gasteiger partial charge in [-0.25, -0.2) is 4.79 Å². The highest BCUT2D eigenvalue weighted by Crippen LogP contribution is 2.11. The Morgan fingerprint density at radius 1 is 1.05 bits per heavy atom. The van der Waals surface area contributed by atoms with Gasteiger partial charge >= 0.3 is 6.03 Å². The van der Waals surface area contributed by atoms with Gasteiger partial charge < -0.3 is 24.4 Å². The zero-order valence-corrected chi connectivity index (χ0v) is 13.6. The molecule has 6 heteroatoms. The monoisotopic (exact) mass is 310 g/mol. The number of hydrogen-bond donors (Lipinski definition) is 1. The van der Waals surface area contributed by atoms with E-state index in [-0.39, 0.29) is 6.03 Å². The lowest BCUT2D eigenvalue weighted by molar-refractivity contribution is 0.122. The predicted molar refractivity (Wildman–Crippen MR) is 85.4 cm³/mol. The number of hydrogen-bond acceptors (Lipinski definition) is 4. The first kappa shape index (κ1) is 18.3. The molecule has 1 N–H and O–H groups in total. The van der Waals surface area contributed by atoms with Gasteiger partial charge in [-0.1, -0.05) is 12.1 Å². The summed E-state index contributed by atoms with van der Waals surface area (Å²) in [5.74, 6) is 0.832. The Kier molecular flexibility index (Phi) is 9.02. The van der Waals surface area contributed by atoms with E-state index in [1.807, 2.05) is 24.3 Å². The summed E-state index contributed by atoms with van der Waals surface area (Å²) in [6.45, 7) is 2.70. The highest BCUT2D eigenvalue weighted by Gasteiger charge is 2.12. The van der Waals surface area contributed by atoms with Crippen LogP contribution in [0, 0.1) is 0 Å². The van der Waals surface area contributed by atoms with E-state index < -0.39 is 0 Å². The molecule has 1 rings (SSSR count). The second-order valence-corrected chi connectivity index (χ2v) is 4.80. The van der Waals surface area contributed by atoms with Crippen molar-refractivity contribution in [3.05, 3.63) is 29.8 Å². The van der Waals surface area contributed by atoms with Crippen LogP contribution in [0.4, 0.5) is 4.79 Å². The van der Waals surface area contributed by atoms with Crippen LogP contribution in [0.25, 0.3) is 0 Å². The van der Waals surface area contributed by atoms with Gasteiger partial charge in [0.05, 0.1) is 20.3 Å². The molecule has 124 valence electrons. The zero-order chi connectivity index (χ0) is 16.2. The van der Waals surface area contributed by atoms with E-state index in [2.05, 4.69) is 5.32 Å². The lowest BCUT2D eigenvalue weighted by atomic mass is 10.1. The first-order valence-corrected chi connectivity index (χ1v) is 7.34. The van der Waals surface area contributed by atoms with Gasteiger partial charge in [0.25, 0.3) is 0 Å². The molecule has 0 aromatic heterocycles. The second-order valence-electron chi connectivity index (χ2n) is 4.80. The maximum atomic E-state index is 12.1. The first-order chi connectivity index (χ1) is 10.7. The summed E-state index contributed by atoms with van der Waals surface area (Å²) in [7, 11) is 4.88. The minimum absolute atomic E-state index is 0.0948. The molecule has 1 aromatic rings. The van der Waals surface area contributed by atoms with Crippen molar-refractivity contribution in [2.75, 3.05) is 54.2 Å². The zero-order valence-electron chi connectivity index (χ0n) is 13.6. The number of rotatable bonds is 10. The maximum Gasteiger partial charge on any atom is 0.317 e. The standard InChI is InChI=1S/C16H26N2O4/c1-20-12-10-18(11-13-21-2)16(19)17-9-8-14-4-6-15(22-3)7-5-14/h4-7H,8-13H2,1-3H3,(H,17,19). The SMILES string of the molecule is COCCN(CCOC)C(=O)NCCc1ccc(OC)cc1. The van der Waals surface area contributed by atoms with Gasteiger partial charge in [0, 0.05) is 33.9 Å². The number of urea groups is 1. The Morgan fingerprint density at radius 2 is 1.64 bits per heavy atom. The third kappa shape index (κ3) is 6.78. The number of carbonyl (C=O) groups excluding carboxylic acids is 1. The van der Waals surface area contributed by atoms with Gasteiger partial charge in [-0.05, 0) is 24.1 Å². The van der Waals surface area contributed by atoms with Crippen LogP contribution in [0.1, 0.15) is 5.56 Å². The molecule has 0 heterocycles. The Bertz CT molecular complexity index is 415. The fourth-order valence-corrected chi connectivity index (χ4v) is 1.94. The molecule has 0 aliphatic heterocycles. The molecule has 2 amide bonds. The highest BCUT2D eigenvalue weighted by molar-refractivity contribution is 5.74. The number of carbonyl (C=O) groups is 1. The summed E-state index contributed by atoms with van der Waals surface area (Å²) < 4.78 is 15.2. The number of amides is 2. The van der Waals surface area contributed by atoms with Crippen LogP contribution in [0.5, 0.6) is 5.75 Å². The van der Waals surface area contributed by atoms with Crippen LogP contribution >= 0.6 is 0 Å². The Labute approximate surface area is 132 Å². The summed E-state index contributed by atoms with van der Waals surface area (Å²) in [6.07, 6.45) is 0.776. The Hall–Kier alpha value is -1.79. The minimum Gasteiger partial charge on any atom is -0.497 e. The molecule has 0 saturated carbocycles. The van der Waals surface area contributed by atoms with Crippen LogP contribution in [0.3, 0.4) is 0 Å². The molecule has 0 fully saturated rings. The van der Waals surface area contributed by atoms with Gasteiger partial charge in [0.15, 0.2) is 0 Å². The largest absolute Gasteiger partial charge is 0.497 e. The summed E-state index contributed by atoms with van der Waals surface area (Å²) in [4.78, 5) is 13.8. The average Bonchev–Trinajstić information content (AvgIpc) is 2.55. The van der Waals surface area contributed by atoms with E-state index in [9.17, 15) is 4.79 Å². The van der Waals surface area contributed by atoms with Crippen LogP contribution in [0.15, 0.2) is 24.3 Å². The third-order valence-corrected chi connectivity index (χ3v) is 3.27. The molecule has 6 nitrogen and oxygen atoms in total. The molecule has 0 spiro atoms. The molecule has 0 unspecified atom stereocenters. The van der Waals surface area contributed by atoms with E-state index in [4.69, 9.17) is 14.2 Å². The molecule has 0 aliphatic rings. The lowest BCUT2D eigenvalue weighted by Crippen LogP contribution is -2.43. The van der Waals surface area contributed by atoms with Crippen LogP contribution in [-0.4, -0.2) is 65.1 Å². The molecular formula is C16H26N2O4. The first-order valence-electron chi connectivity index (χ1n) is 7.34. The summed E-state index contributed by atoms with van der Waals surface area (Å²) >= 11 is 0. The van der Waals surface area contributed by atoms with E-state index in [1.54, 1.807) is 26.2 Å². The van der Waals surface area contributed by atoms with Gasteiger partial charge in [0.1, 0.15) is 5.75 Å². The van der Waals surface area contributed by atoms with Crippen molar-refractivity contribution in [2.45, 2.75) is 6.42 Å². The summed E-state index contributed by atoms with van der Waals surface area (Å²) in [5, 5.41) is 2.92. The molecule has 22 heavy (non-hydrogen) atoms. The fourth-order valence-electron chi connectivity index (χ4n) is 1.94. The Morgan fingerprint density at radius 3 is 2.14 bits per heavy atom. The maximum absolute atomic E-state index is 12.1. The molecule has 0 bridgehead atoms. The van der Waals surface area contributed by atoms with Crippen molar-refractivity contribution in [3.63, 3.8) is 0 Å². The summed E-state index contributed by atoms with van der Waals surface area (Å²) in [6, 6.07) is 7.74. The van der Waals surface area contributed by atoms with E-state index in [0.29, 0.717) is 32.8 Å². The normalized spacial score (nSPS) is 10.3. The summed E-state index contributed by atoms with van der Waals surface area (Å²) in [5.41, 5.74) is 1.15. The minimum atomic E-state index is -0.0948. The lowest BCUT2D eigenvalue weighted by Gasteiger charge is -2.22. The van der Waals surface area contributed by atoms with Crippen molar-refractivity contribution in [1.82, 2.24) is 10.2 Å². The molecule has 0 saturated heterocycles. The number of ether oxygens (including phenoxy) is 3. The molecule has 0 atom stereocenters. The topological polar surface area (TPSA) is 60.0 Å². The van der Waals surface area contributed by atoms with E-state index in [1.165, 1.54) is 0 Å². The van der Waals surface area contributed by atoms with Gasteiger partial charge in [-0.2, -0.15) is 0 Å².